The summed E-state index contributed by atoms with van der Waals surface area (Å²) in [5, 5.41) is 0. The maximum Gasteiger partial charge on any atom is 0.317 e. The Labute approximate surface area is 384 Å². The molecule has 0 amide bonds. The molecule has 1 rings (SSSR count). The highest BCUT2D eigenvalue weighted by Crippen LogP contribution is 2.28. The second-order valence-electron chi connectivity index (χ2n) is 17.1. The number of benzene rings is 1. The van der Waals surface area contributed by atoms with Crippen LogP contribution in [0.25, 0.3) is 0 Å². The van der Waals surface area contributed by atoms with E-state index in [2.05, 4.69) is 0 Å². The molecule has 0 aliphatic rings. The minimum absolute atomic E-state index is 0.0338. The van der Waals surface area contributed by atoms with Crippen LogP contribution in [0.15, 0.2) is 18.2 Å². The van der Waals surface area contributed by atoms with Gasteiger partial charge in [-0.25, -0.2) is 0 Å². The molecule has 66 heavy (non-hydrogen) atoms. The third kappa shape index (κ3) is 33.4. The predicted molar refractivity (Wildman–Crippen MR) is 228 cm³/mol. The summed E-state index contributed by atoms with van der Waals surface area (Å²) in [5.74, 6) is -5.98. The predicted octanol–water partition coefficient (Wildman–Crippen LogP) is 4.62. The Balaban J connectivity index is 2.65. The van der Waals surface area contributed by atoms with Gasteiger partial charge in [-0.15, -0.1) is 0 Å². The Morgan fingerprint density at radius 2 is 0.530 bits per heavy atom. The zero-order valence-electron chi connectivity index (χ0n) is 39.5. The number of carbonyl (C=O) groups excluding carboxylic acids is 9. The quantitative estimate of drug-likeness (QED) is 0.0441. The van der Waals surface area contributed by atoms with E-state index in [1.54, 1.807) is 62.3 Å². The average molecular weight is 943 g/mol. The Bertz CT molecular complexity index is 1540. The smallest absolute Gasteiger partial charge is 0.317 e. The van der Waals surface area contributed by atoms with E-state index in [9.17, 15) is 43.2 Å². The third-order valence-electron chi connectivity index (χ3n) is 7.19. The number of hydrogen-bond donors (Lipinski definition) is 0. The van der Waals surface area contributed by atoms with Crippen molar-refractivity contribution in [1.29, 1.82) is 0 Å². The molecule has 0 radical (unpaired) electrons. The number of hydrogen-bond acceptors (Lipinski definition) is 21. The number of ether oxygens (including phenoxy) is 12. The fraction of sp³-hybridized carbons (Fsp3) is 0.667. The fourth-order valence-corrected chi connectivity index (χ4v) is 4.79. The first-order chi connectivity index (χ1) is 30.8. The topological polar surface area (TPSA) is 264 Å². The minimum Gasteiger partial charge on any atom is -0.490 e. The van der Waals surface area contributed by atoms with E-state index < -0.39 is 89.8 Å². The van der Waals surface area contributed by atoms with Crippen molar-refractivity contribution in [2.24, 2.45) is 0 Å². The molecule has 1 aromatic carbocycles. The van der Waals surface area contributed by atoms with E-state index in [-0.39, 0.29) is 115 Å². The molecule has 0 bridgehead atoms. The van der Waals surface area contributed by atoms with Crippen LogP contribution in [0.5, 0.6) is 17.2 Å². The Hall–Kier alpha value is -6.15. The lowest BCUT2D eigenvalue weighted by Gasteiger charge is -2.19. The molecular formula is C45H66O21. The molecule has 21 nitrogen and oxygen atoms in total. The van der Waals surface area contributed by atoms with Crippen molar-refractivity contribution in [3.8, 4) is 17.2 Å². The van der Waals surface area contributed by atoms with Crippen molar-refractivity contribution in [3.63, 3.8) is 0 Å². The van der Waals surface area contributed by atoms with Crippen molar-refractivity contribution in [2.45, 2.75) is 137 Å². The molecular weight excluding hydrogens is 876 g/mol. The molecule has 0 heterocycles. The molecule has 1 aromatic rings. The van der Waals surface area contributed by atoms with Crippen molar-refractivity contribution in [3.05, 3.63) is 18.2 Å². The molecule has 0 aromatic heterocycles. The van der Waals surface area contributed by atoms with Crippen molar-refractivity contribution in [1.82, 2.24) is 0 Å². The number of esters is 9. The molecule has 0 saturated carbocycles. The van der Waals surface area contributed by atoms with E-state index in [4.69, 9.17) is 56.8 Å². The molecule has 0 saturated heterocycles. The van der Waals surface area contributed by atoms with Crippen molar-refractivity contribution >= 4 is 53.7 Å². The van der Waals surface area contributed by atoms with Crippen molar-refractivity contribution < 1.29 is 100.0 Å². The first-order valence-corrected chi connectivity index (χ1v) is 21.4. The highest BCUT2D eigenvalue weighted by Gasteiger charge is 2.20. The summed E-state index contributed by atoms with van der Waals surface area (Å²) in [7, 11) is 0. The van der Waals surface area contributed by atoms with Crippen LogP contribution in [-0.2, 0) is 85.8 Å². The van der Waals surface area contributed by atoms with E-state index >= 15 is 0 Å². The SMILES string of the molecule is CC(C)(C)OC(=O)CCCOC(=O)CC(=O)OCCOc1cc(OCCOC(=O)CC(=O)OCCCC(=O)OC(C)(C)C)cc(OCCOC(=O)CC(=O)OCCCC(=O)OC(C)(C)C)c1. The van der Waals surface area contributed by atoms with E-state index in [0.29, 0.717) is 0 Å². The lowest BCUT2D eigenvalue weighted by molar-refractivity contribution is -0.158. The van der Waals surface area contributed by atoms with Crippen LogP contribution < -0.4 is 14.2 Å². The second-order valence-corrected chi connectivity index (χ2v) is 17.1. The third-order valence-corrected chi connectivity index (χ3v) is 7.19. The summed E-state index contributed by atoms with van der Waals surface area (Å²) in [4.78, 5) is 108. The largest absolute Gasteiger partial charge is 0.490 e. The molecule has 21 heteroatoms. The normalized spacial score (nSPS) is 11.2. The monoisotopic (exact) mass is 942 g/mol. The van der Waals surface area contributed by atoms with Gasteiger partial charge in [0.2, 0.25) is 0 Å². The molecule has 0 N–H and O–H groups in total. The zero-order chi connectivity index (χ0) is 49.8. The van der Waals surface area contributed by atoms with E-state index in [0.717, 1.165) is 0 Å². The summed E-state index contributed by atoms with van der Waals surface area (Å²) in [6.45, 7) is 14.0. The van der Waals surface area contributed by atoms with Gasteiger partial charge in [0.1, 0.15) is 93.0 Å². The number of carbonyl (C=O) groups is 9. The van der Waals surface area contributed by atoms with E-state index in [1.807, 2.05) is 0 Å². The fourth-order valence-electron chi connectivity index (χ4n) is 4.79. The number of rotatable bonds is 30. The first kappa shape index (κ1) is 57.9. The van der Waals surface area contributed by atoms with E-state index in [1.165, 1.54) is 18.2 Å². The van der Waals surface area contributed by atoms with Gasteiger partial charge in [0.25, 0.3) is 0 Å². The van der Waals surface area contributed by atoms with Crippen LogP contribution >= 0.6 is 0 Å². The molecule has 0 spiro atoms. The van der Waals surface area contributed by atoms with Crippen LogP contribution in [-0.4, -0.2) is 130 Å². The molecule has 0 atom stereocenters. The zero-order valence-corrected chi connectivity index (χ0v) is 39.5. The Morgan fingerprint density at radius 1 is 0.318 bits per heavy atom. The van der Waals surface area contributed by atoms with Gasteiger partial charge in [-0.1, -0.05) is 0 Å². The molecule has 372 valence electrons. The van der Waals surface area contributed by atoms with Gasteiger partial charge in [0, 0.05) is 37.5 Å². The average Bonchev–Trinajstić information content (AvgIpc) is 3.17. The lowest BCUT2D eigenvalue weighted by Crippen LogP contribution is -2.24. The highest BCUT2D eigenvalue weighted by molar-refractivity contribution is 5.92. The summed E-state index contributed by atoms with van der Waals surface area (Å²) in [6, 6.07) is 4.33. The summed E-state index contributed by atoms with van der Waals surface area (Å²) < 4.78 is 62.7. The van der Waals surface area contributed by atoms with Gasteiger partial charge in [-0.05, 0) is 81.6 Å². The molecule has 0 aliphatic carbocycles. The highest BCUT2D eigenvalue weighted by atomic mass is 16.6. The maximum atomic E-state index is 12.2. The van der Waals surface area contributed by atoms with Gasteiger partial charge in [-0.2, -0.15) is 0 Å². The van der Waals surface area contributed by atoms with Crippen LogP contribution in [0.4, 0.5) is 0 Å². The molecule has 0 aliphatic heterocycles. The van der Waals surface area contributed by atoms with Gasteiger partial charge in [-0.3, -0.25) is 43.2 Å². The van der Waals surface area contributed by atoms with Crippen LogP contribution in [0, 0.1) is 0 Å². The second kappa shape index (κ2) is 30.1. The van der Waals surface area contributed by atoms with Crippen LogP contribution in [0.3, 0.4) is 0 Å². The molecule has 0 unspecified atom stereocenters. The maximum absolute atomic E-state index is 12.2. The summed E-state index contributed by atoms with van der Waals surface area (Å²) in [5.41, 5.74) is -1.92. The lowest BCUT2D eigenvalue weighted by atomic mass is 10.2. The van der Waals surface area contributed by atoms with Gasteiger partial charge < -0.3 is 56.8 Å². The molecule has 0 fully saturated rings. The minimum atomic E-state index is -0.876. The summed E-state index contributed by atoms with van der Waals surface area (Å²) in [6.07, 6.45) is -1.27. The van der Waals surface area contributed by atoms with Gasteiger partial charge in [0.15, 0.2) is 0 Å². The Kier molecular flexibility index (Phi) is 26.4. The van der Waals surface area contributed by atoms with Gasteiger partial charge in [0.05, 0.1) is 19.8 Å². The van der Waals surface area contributed by atoms with Crippen LogP contribution in [0.1, 0.15) is 120 Å². The first-order valence-electron chi connectivity index (χ1n) is 21.4. The standard InChI is InChI=1S/C45H66O21/c1-43(2,3)64-34(46)13-10-16-58-37(49)28-40(52)61-22-19-55-31-25-32(56-20-23-62-41(53)29-38(50)59-17-11-14-35(47)65-44(4,5)6)27-33(26-31)57-21-24-63-42(54)30-39(51)60-18-12-15-36(48)66-45(7,8)9/h25-27H,10-24,28-30H2,1-9H3. The van der Waals surface area contributed by atoms with Gasteiger partial charge >= 0.3 is 53.7 Å². The van der Waals surface area contributed by atoms with Crippen LogP contribution in [0.2, 0.25) is 0 Å². The summed E-state index contributed by atoms with van der Waals surface area (Å²) >= 11 is 0. The Morgan fingerprint density at radius 3 is 0.742 bits per heavy atom. The van der Waals surface area contributed by atoms with Crippen molar-refractivity contribution in [2.75, 3.05) is 59.5 Å².